The van der Waals surface area contributed by atoms with E-state index in [9.17, 15) is 4.79 Å². The monoisotopic (exact) mass is 367 g/mol. The molecule has 0 saturated heterocycles. The fourth-order valence-corrected chi connectivity index (χ4v) is 2.49. The van der Waals surface area contributed by atoms with Gasteiger partial charge in [-0.25, -0.2) is 0 Å². The Kier molecular flexibility index (Phi) is 7.59. The van der Waals surface area contributed by atoms with Crippen LogP contribution in [0.5, 0.6) is 5.75 Å². The Balaban J connectivity index is 1.95. The predicted molar refractivity (Wildman–Crippen MR) is 106 cm³/mol. The van der Waals surface area contributed by atoms with Crippen molar-refractivity contribution in [3.8, 4) is 11.8 Å². The first-order chi connectivity index (χ1) is 12.6. The van der Waals surface area contributed by atoms with Crippen molar-refractivity contribution < 1.29 is 9.53 Å². The molecule has 5 nitrogen and oxygen atoms in total. The lowest BCUT2D eigenvalue weighted by Gasteiger charge is -2.13. The summed E-state index contributed by atoms with van der Waals surface area (Å²) in [6, 6.07) is 15.9. The van der Waals surface area contributed by atoms with E-state index in [1.54, 1.807) is 42.5 Å². The minimum atomic E-state index is -0.331. The van der Waals surface area contributed by atoms with Crippen LogP contribution in [0.4, 0.5) is 5.69 Å². The largest absolute Gasteiger partial charge is 0.493 e. The smallest absolute Gasteiger partial charge is 0.261 e. The van der Waals surface area contributed by atoms with Gasteiger partial charge in [-0.15, -0.1) is 0 Å². The quantitative estimate of drug-likeness (QED) is 0.565. The van der Waals surface area contributed by atoms with Crippen LogP contribution >= 0.6 is 12.2 Å². The van der Waals surface area contributed by atoms with Crippen molar-refractivity contribution in [3.63, 3.8) is 0 Å². The number of nitriles is 1. The molecule has 0 atom stereocenters. The number of nitrogens with one attached hydrogen (secondary N) is 2. The Bertz CT molecular complexity index is 797. The number of nitrogens with zero attached hydrogens (tertiary/aromatic N) is 1. The summed E-state index contributed by atoms with van der Waals surface area (Å²) in [4.78, 5) is 12.5. The van der Waals surface area contributed by atoms with E-state index in [0.29, 0.717) is 29.2 Å². The van der Waals surface area contributed by atoms with Crippen molar-refractivity contribution in [2.75, 3.05) is 11.9 Å². The lowest BCUT2D eigenvalue weighted by atomic mass is 10.2. The number of hydrogen-bond donors (Lipinski definition) is 2. The van der Waals surface area contributed by atoms with Crippen LogP contribution in [-0.2, 0) is 0 Å². The Labute approximate surface area is 159 Å². The van der Waals surface area contributed by atoms with Gasteiger partial charge >= 0.3 is 0 Å². The topological polar surface area (TPSA) is 74.2 Å². The van der Waals surface area contributed by atoms with Gasteiger partial charge in [0.1, 0.15) is 5.75 Å². The van der Waals surface area contributed by atoms with Gasteiger partial charge in [0.25, 0.3) is 5.91 Å². The summed E-state index contributed by atoms with van der Waals surface area (Å²) < 4.78 is 5.73. The summed E-state index contributed by atoms with van der Waals surface area (Å²) in [5.41, 5.74) is 1.69. The second kappa shape index (κ2) is 10.2. The third kappa shape index (κ3) is 5.87. The number of benzene rings is 2. The second-order valence-corrected chi connectivity index (χ2v) is 6.06. The number of carbonyl (C=O) groups excluding carboxylic acids is 1. The summed E-state index contributed by atoms with van der Waals surface area (Å²) >= 11 is 5.19. The molecule has 0 aliphatic heterocycles. The fraction of sp³-hybridized carbons (Fsp3) is 0.250. The molecule has 26 heavy (non-hydrogen) atoms. The van der Waals surface area contributed by atoms with E-state index in [0.717, 1.165) is 19.3 Å². The first-order valence-corrected chi connectivity index (χ1v) is 8.89. The van der Waals surface area contributed by atoms with Crippen LogP contribution in [-0.4, -0.2) is 17.6 Å². The maximum absolute atomic E-state index is 12.5. The molecule has 0 unspecified atom stereocenters. The maximum atomic E-state index is 12.5. The third-order valence-corrected chi connectivity index (χ3v) is 3.84. The fourth-order valence-electron chi connectivity index (χ4n) is 2.28. The number of anilines is 1. The zero-order chi connectivity index (χ0) is 18.8. The molecule has 2 aromatic carbocycles. The molecule has 0 fully saturated rings. The van der Waals surface area contributed by atoms with Crippen LogP contribution in [0.15, 0.2) is 48.5 Å². The lowest BCUT2D eigenvalue weighted by molar-refractivity contribution is 0.0973. The zero-order valence-corrected chi connectivity index (χ0v) is 15.4. The maximum Gasteiger partial charge on any atom is 0.261 e. The molecular formula is C20H21N3O2S. The van der Waals surface area contributed by atoms with Gasteiger partial charge in [0.05, 0.1) is 23.8 Å². The van der Waals surface area contributed by atoms with Crippen LogP contribution < -0.4 is 15.4 Å². The minimum absolute atomic E-state index is 0.181. The van der Waals surface area contributed by atoms with Gasteiger partial charge in [-0.2, -0.15) is 5.26 Å². The molecule has 2 aromatic rings. The Morgan fingerprint density at radius 2 is 1.88 bits per heavy atom. The van der Waals surface area contributed by atoms with Crippen LogP contribution in [0.3, 0.4) is 0 Å². The molecule has 2 N–H and O–H groups in total. The lowest BCUT2D eigenvalue weighted by Crippen LogP contribution is -2.34. The van der Waals surface area contributed by atoms with Crippen molar-refractivity contribution in [2.24, 2.45) is 0 Å². The summed E-state index contributed by atoms with van der Waals surface area (Å²) in [5, 5.41) is 14.6. The van der Waals surface area contributed by atoms with E-state index in [1.807, 2.05) is 12.1 Å². The SMILES string of the molecule is CCCCCOc1ccccc1C(=O)NC(=S)Nc1ccc(C#N)cc1. The number of unbranched alkanes of at least 4 members (excludes halogenated alkanes) is 2. The number of amides is 1. The highest BCUT2D eigenvalue weighted by atomic mass is 32.1. The molecule has 0 radical (unpaired) electrons. The van der Waals surface area contributed by atoms with Crippen molar-refractivity contribution in [1.82, 2.24) is 5.32 Å². The van der Waals surface area contributed by atoms with Gasteiger partial charge in [0, 0.05) is 5.69 Å². The van der Waals surface area contributed by atoms with E-state index in [4.69, 9.17) is 22.2 Å². The number of ether oxygens (including phenoxy) is 1. The van der Waals surface area contributed by atoms with Crippen molar-refractivity contribution in [1.29, 1.82) is 5.26 Å². The van der Waals surface area contributed by atoms with Crippen LogP contribution in [0, 0.1) is 11.3 Å². The Morgan fingerprint density at radius 3 is 2.58 bits per heavy atom. The minimum Gasteiger partial charge on any atom is -0.493 e. The number of thiocarbonyl (C=S) groups is 1. The van der Waals surface area contributed by atoms with Crippen molar-refractivity contribution in [2.45, 2.75) is 26.2 Å². The normalized spacial score (nSPS) is 9.85. The van der Waals surface area contributed by atoms with Crippen LogP contribution in [0.2, 0.25) is 0 Å². The predicted octanol–water partition coefficient (Wildman–Crippen LogP) is 4.25. The highest BCUT2D eigenvalue weighted by Crippen LogP contribution is 2.18. The average Bonchev–Trinajstić information content (AvgIpc) is 2.66. The highest BCUT2D eigenvalue weighted by molar-refractivity contribution is 7.80. The third-order valence-electron chi connectivity index (χ3n) is 3.64. The van der Waals surface area contributed by atoms with E-state index in [-0.39, 0.29) is 11.0 Å². The van der Waals surface area contributed by atoms with Crippen LogP contribution in [0.1, 0.15) is 42.1 Å². The first-order valence-electron chi connectivity index (χ1n) is 8.48. The average molecular weight is 367 g/mol. The summed E-state index contributed by atoms with van der Waals surface area (Å²) in [6.07, 6.45) is 3.15. The molecule has 0 aliphatic rings. The number of carbonyl (C=O) groups is 1. The summed E-state index contributed by atoms with van der Waals surface area (Å²) in [6.45, 7) is 2.70. The van der Waals surface area contributed by atoms with Gasteiger partial charge in [-0.3, -0.25) is 10.1 Å². The van der Waals surface area contributed by atoms with Crippen molar-refractivity contribution >= 4 is 28.9 Å². The van der Waals surface area contributed by atoms with Gasteiger partial charge in [0.2, 0.25) is 0 Å². The molecule has 0 heterocycles. The van der Waals surface area contributed by atoms with E-state index < -0.39 is 0 Å². The molecule has 0 aromatic heterocycles. The zero-order valence-electron chi connectivity index (χ0n) is 14.6. The standard InChI is InChI=1S/C20H21N3O2S/c1-2-3-6-13-25-18-8-5-4-7-17(18)19(24)23-20(26)22-16-11-9-15(14-21)10-12-16/h4-5,7-12H,2-3,6,13H2,1H3,(H2,22,23,24,26). The van der Waals surface area contributed by atoms with Gasteiger partial charge in [-0.05, 0) is 55.0 Å². The number of hydrogen-bond acceptors (Lipinski definition) is 4. The van der Waals surface area contributed by atoms with E-state index in [2.05, 4.69) is 17.6 Å². The molecular weight excluding hydrogens is 346 g/mol. The molecule has 0 aliphatic carbocycles. The van der Waals surface area contributed by atoms with Crippen LogP contribution in [0.25, 0.3) is 0 Å². The van der Waals surface area contributed by atoms with E-state index >= 15 is 0 Å². The summed E-state index contributed by atoms with van der Waals surface area (Å²) in [5.74, 6) is 0.213. The second-order valence-electron chi connectivity index (χ2n) is 5.65. The molecule has 0 spiro atoms. The van der Waals surface area contributed by atoms with E-state index in [1.165, 1.54) is 0 Å². The Hall–Kier alpha value is -2.91. The van der Waals surface area contributed by atoms with Gasteiger partial charge in [-0.1, -0.05) is 31.9 Å². The first kappa shape index (κ1) is 19.4. The molecule has 134 valence electrons. The summed E-state index contributed by atoms with van der Waals surface area (Å²) in [7, 11) is 0. The number of para-hydroxylation sites is 1. The van der Waals surface area contributed by atoms with Gasteiger partial charge in [0.15, 0.2) is 5.11 Å². The molecule has 1 amide bonds. The van der Waals surface area contributed by atoms with Gasteiger partial charge < -0.3 is 10.1 Å². The Morgan fingerprint density at radius 1 is 1.15 bits per heavy atom. The molecule has 6 heteroatoms. The highest BCUT2D eigenvalue weighted by Gasteiger charge is 2.13. The molecule has 0 bridgehead atoms. The van der Waals surface area contributed by atoms with Crippen molar-refractivity contribution in [3.05, 3.63) is 59.7 Å². The number of rotatable bonds is 7. The molecule has 0 saturated carbocycles. The molecule has 2 rings (SSSR count).